The molecule has 0 saturated carbocycles. The minimum atomic E-state index is -1.21. The molecule has 152 valence electrons. The van der Waals surface area contributed by atoms with Crippen molar-refractivity contribution in [2.45, 2.75) is 32.8 Å². The number of amides is 1. The Bertz CT molecular complexity index is 804. The number of halogens is 1. The third-order valence-corrected chi connectivity index (χ3v) is 4.54. The number of aliphatic imine (C=N–C) groups is 1. The Morgan fingerprint density at radius 1 is 1.29 bits per heavy atom. The zero-order valence-corrected chi connectivity index (χ0v) is 17.1. The zero-order valence-electron chi connectivity index (χ0n) is 16.4. The summed E-state index contributed by atoms with van der Waals surface area (Å²) in [7, 11) is 0. The summed E-state index contributed by atoms with van der Waals surface area (Å²) in [4.78, 5) is 16.6. The van der Waals surface area contributed by atoms with Gasteiger partial charge >= 0.3 is 0 Å². The fourth-order valence-electron chi connectivity index (χ4n) is 2.49. The summed E-state index contributed by atoms with van der Waals surface area (Å²) >= 11 is 6.07. The third kappa shape index (κ3) is 6.28. The first-order chi connectivity index (χ1) is 13.3. The second-order valence-electron chi connectivity index (χ2n) is 6.58. The molecule has 0 bridgehead atoms. The zero-order chi connectivity index (χ0) is 20.6. The van der Waals surface area contributed by atoms with Crippen LogP contribution in [0.5, 0.6) is 0 Å². The van der Waals surface area contributed by atoms with E-state index in [0.29, 0.717) is 35.5 Å². The molecule has 0 saturated heterocycles. The maximum atomic E-state index is 12.2. The summed E-state index contributed by atoms with van der Waals surface area (Å²) in [6.07, 6.45) is 1.77. The molecule has 0 aliphatic rings. The van der Waals surface area contributed by atoms with Crippen LogP contribution in [0.25, 0.3) is 0 Å². The molecule has 2 rings (SSSR count). The van der Waals surface area contributed by atoms with Gasteiger partial charge in [0.2, 0.25) is 5.91 Å². The van der Waals surface area contributed by atoms with Crippen LogP contribution in [0.1, 0.15) is 31.6 Å². The minimum Gasteiger partial charge on any atom is -0.466 e. The second kappa shape index (κ2) is 10.1. The largest absolute Gasteiger partial charge is 0.466 e. The number of carbonyl (C=O) groups excluding carboxylic acids is 1. The van der Waals surface area contributed by atoms with Crippen molar-refractivity contribution in [2.24, 2.45) is 4.99 Å². The maximum absolute atomic E-state index is 12.2. The summed E-state index contributed by atoms with van der Waals surface area (Å²) in [5.74, 6) is 0.834. The van der Waals surface area contributed by atoms with E-state index < -0.39 is 5.60 Å². The van der Waals surface area contributed by atoms with Crippen LogP contribution in [0.15, 0.2) is 46.0 Å². The van der Waals surface area contributed by atoms with Gasteiger partial charge in [-0.05, 0) is 50.6 Å². The SMILES string of the molecule is CCNC(=NCC(C)(O)c1ccco1)NCCC(=O)Nc1cccc(Cl)c1C. The number of aliphatic hydroxyl groups is 1. The van der Waals surface area contributed by atoms with Gasteiger partial charge in [-0.3, -0.25) is 4.79 Å². The molecule has 0 aliphatic heterocycles. The van der Waals surface area contributed by atoms with Crippen molar-refractivity contribution in [1.29, 1.82) is 0 Å². The number of hydrogen-bond donors (Lipinski definition) is 4. The van der Waals surface area contributed by atoms with Gasteiger partial charge in [-0.1, -0.05) is 17.7 Å². The number of hydrogen-bond acceptors (Lipinski definition) is 4. The maximum Gasteiger partial charge on any atom is 0.226 e. The van der Waals surface area contributed by atoms with E-state index in [0.717, 1.165) is 5.56 Å². The van der Waals surface area contributed by atoms with Crippen molar-refractivity contribution in [1.82, 2.24) is 10.6 Å². The predicted molar refractivity (Wildman–Crippen MR) is 112 cm³/mol. The molecular formula is C20H27ClN4O3. The first-order valence-corrected chi connectivity index (χ1v) is 9.55. The molecule has 8 heteroatoms. The molecule has 7 nitrogen and oxygen atoms in total. The van der Waals surface area contributed by atoms with E-state index >= 15 is 0 Å². The molecule has 1 unspecified atom stereocenters. The van der Waals surface area contributed by atoms with Crippen molar-refractivity contribution in [3.05, 3.63) is 52.9 Å². The van der Waals surface area contributed by atoms with Gasteiger partial charge in [0.05, 0.1) is 12.8 Å². The summed E-state index contributed by atoms with van der Waals surface area (Å²) < 4.78 is 5.26. The quantitative estimate of drug-likeness (QED) is 0.399. The average Bonchev–Trinajstić information content (AvgIpc) is 3.19. The van der Waals surface area contributed by atoms with E-state index in [4.69, 9.17) is 16.0 Å². The lowest BCUT2D eigenvalue weighted by Gasteiger charge is -2.19. The normalized spacial score (nSPS) is 13.7. The van der Waals surface area contributed by atoms with Gasteiger partial charge in [-0.15, -0.1) is 0 Å². The van der Waals surface area contributed by atoms with Crippen molar-refractivity contribution < 1.29 is 14.3 Å². The molecule has 1 heterocycles. The van der Waals surface area contributed by atoms with Crippen molar-refractivity contribution in [3.63, 3.8) is 0 Å². The highest BCUT2D eigenvalue weighted by molar-refractivity contribution is 6.31. The lowest BCUT2D eigenvalue weighted by Crippen LogP contribution is -2.40. The van der Waals surface area contributed by atoms with Crippen LogP contribution in [0, 0.1) is 6.92 Å². The molecule has 1 amide bonds. The Morgan fingerprint density at radius 3 is 2.75 bits per heavy atom. The second-order valence-corrected chi connectivity index (χ2v) is 6.99. The first-order valence-electron chi connectivity index (χ1n) is 9.17. The molecule has 28 heavy (non-hydrogen) atoms. The van der Waals surface area contributed by atoms with Gasteiger partial charge in [-0.2, -0.15) is 0 Å². The fraction of sp³-hybridized carbons (Fsp3) is 0.400. The van der Waals surface area contributed by atoms with Gasteiger partial charge in [0.15, 0.2) is 5.96 Å². The molecule has 0 radical (unpaired) electrons. The van der Waals surface area contributed by atoms with E-state index in [2.05, 4.69) is 20.9 Å². The lowest BCUT2D eigenvalue weighted by molar-refractivity contribution is -0.116. The summed E-state index contributed by atoms with van der Waals surface area (Å²) in [6, 6.07) is 8.82. The molecular weight excluding hydrogens is 380 g/mol. The van der Waals surface area contributed by atoms with E-state index in [1.807, 2.05) is 19.9 Å². The summed E-state index contributed by atoms with van der Waals surface area (Å²) in [6.45, 7) is 6.60. The van der Waals surface area contributed by atoms with E-state index in [9.17, 15) is 9.90 Å². The number of nitrogens with zero attached hydrogens (tertiary/aromatic N) is 1. The number of carbonyl (C=O) groups is 1. The Morgan fingerprint density at radius 2 is 2.07 bits per heavy atom. The summed E-state index contributed by atoms with van der Waals surface area (Å²) in [5, 5.41) is 20.1. The average molecular weight is 407 g/mol. The van der Waals surface area contributed by atoms with Gasteiger partial charge in [0.25, 0.3) is 0 Å². The standard InChI is InChI=1S/C20H27ClN4O3/c1-4-22-19(24-13-20(3,27)17-9-6-12-28-17)23-11-10-18(26)25-16-8-5-7-15(21)14(16)2/h5-9,12,27H,4,10-11,13H2,1-3H3,(H,25,26)(H2,22,23,24). The highest BCUT2D eigenvalue weighted by Gasteiger charge is 2.26. The van der Waals surface area contributed by atoms with Crippen LogP contribution in [0.2, 0.25) is 5.02 Å². The monoisotopic (exact) mass is 406 g/mol. The van der Waals surface area contributed by atoms with Crippen LogP contribution in [0.3, 0.4) is 0 Å². The van der Waals surface area contributed by atoms with Gasteiger partial charge in [-0.25, -0.2) is 4.99 Å². The van der Waals surface area contributed by atoms with E-state index in [1.165, 1.54) is 6.26 Å². The Labute approximate surface area is 170 Å². The number of benzene rings is 1. The lowest BCUT2D eigenvalue weighted by atomic mass is 10.0. The Hall–Kier alpha value is -2.51. The highest BCUT2D eigenvalue weighted by atomic mass is 35.5. The molecule has 1 aromatic carbocycles. The molecule has 4 N–H and O–H groups in total. The predicted octanol–water partition coefficient (Wildman–Crippen LogP) is 3.03. The summed E-state index contributed by atoms with van der Waals surface area (Å²) in [5.41, 5.74) is 0.320. The fourth-order valence-corrected chi connectivity index (χ4v) is 2.66. The number of furan rings is 1. The highest BCUT2D eigenvalue weighted by Crippen LogP contribution is 2.23. The number of guanidine groups is 1. The number of rotatable bonds is 8. The molecule has 1 atom stereocenters. The van der Waals surface area contributed by atoms with Gasteiger partial charge in [0.1, 0.15) is 11.4 Å². The third-order valence-electron chi connectivity index (χ3n) is 4.13. The molecule has 0 fully saturated rings. The molecule has 2 aromatic rings. The molecule has 0 aliphatic carbocycles. The first kappa shape index (κ1) is 21.8. The van der Waals surface area contributed by atoms with Crippen LogP contribution < -0.4 is 16.0 Å². The van der Waals surface area contributed by atoms with Crippen LogP contribution >= 0.6 is 11.6 Å². The van der Waals surface area contributed by atoms with Gasteiger partial charge < -0.3 is 25.5 Å². The topological polar surface area (TPSA) is 98.9 Å². The van der Waals surface area contributed by atoms with Crippen molar-refractivity contribution >= 4 is 29.2 Å². The Balaban J connectivity index is 1.87. The van der Waals surface area contributed by atoms with Crippen molar-refractivity contribution in [3.8, 4) is 0 Å². The molecule has 1 aromatic heterocycles. The minimum absolute atomic E-state index is 0.115. The number of nitrogens with one attached hydrogen (secondary N) is 3. The van der Waals surface area contributed by atoms with E-state index in [-0.39, 0.29) is 18.9 Å². The Kier molecular flexibility index (Phi) is 7.90. The van der Waals surface area contributed by atoms with Crippen LogP contribution in [-0.2, 0) is 10.4 Å². The van der Waals surface area contributed by atoms with Gasteiger partial charge in [0, 0.05) is 30.2 Å². The van der Waals surface area contributed by atoms with Crippen LogP contribution in [0.4, 0.5) is 5.69 Å². The van der Waals surface area contributed by atoms with Crippen LogP contribution in [-0.4, -0.2) is 36.6 Å². The smallest absolute Gasteiger partial charge is 0.226 e. The molecule has 0 spiro atoms. The number of anilines is 1. The van der Waals surface area contributed by atoms with Crippen molar-refractivity contribution in [2.75, 3.05) is 25.0 Å². The van der Waals surface area contributed by atoms with E-state index in [1.54, 1.807) is 31.2 Å².